The van der Waals surface area contributed by atoms with Gasteiger partial charge in [-0.05, 0) is 31.2 Å². The Kier molecular flexibility index (Phi) is 6.34. The van der Waals surface area contributed by atoms with Crippen molar-refractivity contribution in [2.24, 2.45) is 0 Å². The summed E-state index contributed by atoms with van der Waals surface area (Å²) in [5.41, 5.74) is 1.49. The van der Waals surface area contributed by atoms with Crippen LogP contribution in [0.2, 0.25) is 10.0 Å². The summed E-state index contributed by atoms with van der Waals surface area (Å²) in [6.45, 7) is 4.99. The van der Waals surface area contributed by atoms with Crippen molar-refractivity contribution in [2.75, 3.05) is 44.8 Å². The minimum absolute atomic E-state index is 0.0722. The van der Waals surface area contributed by atoms with Gasteiger partial charge < -0.3 is 19.3 Å². The average Bonchev–Trinajstić information content (AvgIpc) is 2.69. The van der Waals surface area contributed by atoms with Gasteiger partial charge in [-0.25, -0.2) is 0 Å². The summed E-state index contributed by atoms with van der Waals surface area (Å²) < 4.78 is 10.9. The van der Waals surface area contributed by atoms with E-state index >= 15 is 0 Å². The van der Waals surface area contributed by atoms with Crippen LogP contribution < -0.4 is 14.4 Å². The molecular formula is C20H22Cl2N2O3. The molecule has 5 nitrogen and oxygen atoms in total. The predicted octanol–water partition coefficient (Wildman–Crippen LogP) is 4.36. The van der Waals surface area contributed by atoms with E-state index in [1.807, 2.05) is 36.1 Å². The molecule has 2 aromatic rings. The van der Waals surface area contributed by atoms with Gasteiger partial charge in [0.05, 0.1) is 29.4 Å². The first-order valence-electron chi connectivity index (χ1n) is 8.84. The highest BCUT2D eigenvalue weighted by molar-refractivity contribution is 6.33. The fourth-order valence-electron chi connectivity index (χ4n) is 3.17. The Morgan fingerprint density at radius 3 is 2.41 bits per heavy atom. The maximum Gasteiger partial charge on any atom is 0.254 e. The number of benzene rings is 2. The molecule has 1 aliphatic rings. The third kappa shape index (κ3) is 4.25. The topological polar surface area (TPSA) is 42.0 Å². The predicted molar refractivity (Wildman–Crippen MR) is 109 cm³/mol. The van der Waals surface area contributed by atoms with Crippen LogP contribution in [0.1, 0.15) is 17.3 Å². The zero-order chi connectivity index (χ0) is 19.4. The fourth-order valence-corrected chi connectivity index (χ4v) is 3.69. The molecule has 2 aromatic carbocycles. The number of halogens is 2. The molecule has 0 atom stereocenters. The monoisotopic (exact) mass is 408 g/mol. The molecular weight excluding hydrogens is 387 g/mol. The molecule has 1 heterocycles. The summed E-state index contributed by atoms with van der Waals surface area (Å²) in [7, 11) is 1.53. The molecule has 1 amide bonds. The standard InChI is InChI=1S/C20H22Cl2N2O3/c1-3-27-19-16(22)12-14(13-18(19)26-2)20(25)24-10-8-23(9-11-24)17-7-5-4-6-15(17)21/h4-7,12-13H,3,8-11H2,1-2H3. The number of carbonyl (C=O) groups is 1. The SMILES string of the molecule is CCOc1c(Cl)cc(C(=O)N2CCN(c3ccccc3Cl)CC2)cc1OC. The molecule has 3 rings (SSSR count). The minimum Gasteiger partial charge on any atom is -0.493 e. The number of anilines is 1. The summed E-state index contributed by atoms with van der Waals surface area (Å²) in [5.74, 6) is 0.848. The van der Waals surface area contributed by atoms with Crippen LogP contribution in [0.3, 0.4) is 0 Å². The molecule has 0 aromatic heterocycles. The summed E-state index contributed by atoms with van der Waals surface area (Å²) in [4.78, 5) is 16.9. The Labute approximate surface area is 169 Å². The van der Waals surface area contributed by atoms with Gasteiger partial charge in [0.2, 0.25) is 0 Å². The maximum absolute atomic E-state index is 12.9. The molecule has 1 saturated heterocycles. The van der Waals surface area contributed by atoms with Gasteiger partial charge in [-0.2, -0.15) is 0 Å². The summed E-state index contributed by atoms with van der Waals surface area (Å²) >= 11 is 12.6. The Bertz CT molecular complexity index is 821. The van der Waals surface area contributed by atoms with Gasteiger partial charge in [0.25, 0.3) is 5.91 Å². The number of rotatable bonds is 5. The summed E-state index contributed by atoms with van der Waals surface area (Å²) in [6.07, 6.45) is 0. The van der Waals surface area contributed by atoms with E-state index in [9.17, 15) is 4.79 Å². The summed E-state index contributed by atoms with van der Waals surface area (Å²) in [5, 5.41) is 1.09. The van der Waals surface area contributed by atoms with Crippen molar-refractivity contribution < 1.29 is 14.3 Å². The lowest BCUT2D eigenvalue weighted by Gasteiger charge is -2.36. The number of hydrogen-bond donors (Lipinski definition) is 0. The minimum atomic E-state index is -0.0722. The lowest BCUT2D eigenvalue weighted by atomic mass is 10.1. The highest BCUT2D eigenvalue weighted by atomic mass is 35.5. The molecule has 0 unspecified atom stereocenters. The number of nitrogens with zero attached hydrogens (tertiary/aromatic N) is 2. The summed E-state index contributed by atoms with van der Waals surface area (Å²) in [6, 6.07) is 11.1. The first-order valence-corrected chi connectivity index (χ1v) is 9.59. The molecule has 1 aliphatic heterocycles. The lowest BCUT2D eigenvalue weighted by Crippen LogP contribution is -2.48. The molecule has 0 radical (unpaired) electrons. The van der Waals surface area contributed by atoms with Crippen molar-refractivity contribution in [1.82, 2.24) is 4.90 Å². The number of hydrogen-bond acceptors (Lipinski definition) is 4. The van der Waals surface area contributed by atoms with E-state index in [-0.39, 0.29) is 5.91 Å². The van der Waals surface area contributed by atoms with Gasteiger partial charge in [0, 0.05) is 31.7 Å². The van der Waals surface area contributed by atoms with Crippen molar-refractivity contribution in [3.8, 4) is 11.5 Å². The zero-order valence-electron chi connectivity index (χ0n) is 15.4. The molecule has 144 valence electrons. The number of amides is 1. The van der Waals surface area contributed by atoms with Crippen LogP contribution >= 0.6 is 23.2 Å². The number of para-hydroxylation sites is 1. The Balaban J connectivity index is 1.72. The van der Waals surface area contributed by atoms with E-state index in [1.165, 1.54) is 7.11 Å². The molecule has 1 fully saturated rings. The third-order valence-corrected chi connectivity index (χ3v) is 5.13. The number of carbonyl (C=O) groups excluding carboxylic acids is 1. The van der Waals surface area contributed by atoms with Crippen LogP contribution in [-0.2, 0) is 0 Å². The molecule has 27 heavy (non-hydrogen) atoms. The molecule has 0 aliphatic carbocycles. The number of ether oxygens (including phenoxy) is 2. The molecule has 0 spiro atoms. The second kappa shape index (κ2) is 8.72. The van der Waals surface area contributed by atoms with Crippen molar-refractivity contribution in [1.29, 1.82) is 0 Å². The van der Waals surface area contributed by atoms with Crippen molar-refractivity contribution >= 4 is 34.8 Å². The van der Waals surface area contributed by atoms with Gasteiger partial charge >= 0.3 is 0 Å². The van der Waals surface area contributed by atoms with Crippen LogP contribution in [0.4, 0.5) is 5.69 Å². The number of methoxy groups -OCH3 is 1. The second-order valence-electron chi connectivity index (χ2n) is 6.15. The van der Waals surface area contributed by atoms with Gasteiger partial charge in [-0.3, -0.25) is 4.79 Å². The molecule has 0 bridgehead atoms. The smallest absolute Gasteiger partial charge is 0.254 e. The molecule has 0 N–H and O–H groups in total. The Morgan fingerprint density at radius 2 is 1.78 bits per heavy atom. The van der Waals surface area contributed by atoms with Crippen molar-refractivity contribution in [2.45, 2.75) is 6.92 Å². The molecule has 0 saturated carbocycles. The van der Waals surface area contributed by atoms with Crippen LogP contribution in [0, 0.1) is 0 Å². The van der Waals surface area contributed by atoms with Crippen molar-refractivity contribution in [3.05, 3.63) is 52.0 Å². The fraction of sp³-hybridized carbons (Fsp3) is 0.350. The first-order chi connectivity index (χ1) is 13.0. The van der Waals surface area contributed by atoms with Crippen LogP contribution in [0.5, 0.6) is 11.5 Å². The van der Waals surface area contributed by atoms with Gasteiger partial charge in [0.15, 0.2) is 11.5 Å². The van der Waals surface area contributed by atoms with Gasteiger partial charge in [-0.1, -0.05) is 35.3 Å². The van der Waals surface area contributed by atoms with Crippen LogP contribution in [0.25, 0.3) is 0 Å². The Morgan fingerprint density at radius 1 is 1.07 bits per heavy atom. The van der Waals surface area contributed by atoms with Crippen LogP contribution in [-0.4, -0.2) is 50.7 Å². The van der Waals surface area contributed by atoms with Crippen LogP contribution in [0.15, 0.2) is 36.4 Å². The van der Waals surface area contributed by atoms with Gasteiger partial charge in [0.1, 0.15) is 0 Å². The lowest BCUT2D eigenvalue weighted by molar-refractivity contribution is 0.0746. The number of piperazine rings is 1. The van der Waals surface area contributed by atoms with Gasteiger partial charge in [-0.15, -0.1) is 0 Å². The highest BCUT2D eigenvalue weighted by Gasteiger charge is 2.25. The van der Waals surface area contributed by atoms with E-state index in [2.05, 4.69) is 4.90 Å². The van der Waals surface area contributed by atoms with E-state index in [0.29, 0.717) is 41.8 Å². The highest BCUT2D eigenvalue weighted by Crippen LogP contribution is 2.37. The normalized spacial score (nSPS) is 14.2. The zero-order valence-corrected chi connectivity index (χ0v) is 16.9. The average molecular weight is 409 g/mol. The third-order valence-electron chi connectivity index (χ3n) is 4.53. The second-order valence-corrected chi connectivity index (χ2v) is 6.97. The van der Waals surface area contributed by atoms with E-state index < -0.39 is 0 Å². The quantitative estimate of drug-likeness (QED) is 0.736. The largest absolute Gasteiger partial charge is 0.493 e. The maximum atomic E-state index is 12.9. The molecule has 7 heteroatoms. The Hall–Kier alpha value is -2.11. The van der Waals surface area contributed by atoms with Crippen molar-refractivity contribution in [3.63, 3.8) is 0 Å². The van der Waals surface area contributed by atoms with E-state index in [1.54, 1.807) is 12.1 Å². The van der Waals surface area contributed by atoms with E-state index in [4.69, 9.17) is 32.7 Å². The first kappa shape index (κ1) is 19.6. The van der Waals surface area contributed by atoms with E-state index in [0.717, 1.165) is 23.8 Å².